The molecule has 0 unspecified atom stereocenters. The van der Waals surface area contributed by atoms with Crippen LogP contribution in [0.5, 0.6) is 0 Å². The molecule has 0 aliphatic rings. The van der Waals surface area contributed by atoms with Gasteiger partial charge in [-0.2, -0.15) is 0 Å². The molecule has 0 saturated heterocycles. The second-order valence-corrected chi connectivity index (χ2v) is 11.0. The van der Waals surface area contributed by atoms with Gasteiger partial charge in [0, 0.05) is 13.0 Å². The molecule has 9 N–H and O–H groups in total. The van der Waals surface area contributed by atoms with E-state index >= 15 is 0 Å². The first-order valence-corrected chi connectivity index (χ1v) is 14.8. The maximum atomic E-state index is 11.8. The number of unbranched alkanes of at least 4 members (excludes halogenated alkanes) is 15. The molecule has 0 saturated carbocycles. The third kappa shape index (κ3) is 43.3. The maximum Gasteiger partial charge on any atom is 0.219 e. The summed E-state index contributed by atoms with van der Waals surface area (Å²) in [6.07, 6.45) is 23.4. The SMILES string of the molecule is CCCCCCCCCCCCCCCCCC(=O)NCCCCC(C)(C)[O-].COS(=O)(=O)[O-].[NH4+].[NH4+]. The lowest BCUT2D eigenvalue weighted by Crippen LogP contribution is -2.36. The molecule has 1 amide bonds. The Kier molecular flexibility index (Phi) is 33.8. The number of amides is 1. The standard InChI is InChI=1S/C25H50NO2.CH4O4S.2H3N/c1-4-5-6-7-8-9-10-11-12-13-14-15-16-17-18-21-24(27)26-23-20-19-22-25(2,3)28;1-5-6(2,3)4;;/h4-23H2,1-3H3,(H,26,27);1H3,(H,2,3,4);2*1H3/q-1;;;/p+1. The van der Waals surface area contributed by atoms with Gasteiger partial charge in [-0.3, -0.25) is 8.98 Å². The van der Waals surface area contributed by atoms with E-state index < -0.39 is 16.0 Å². The van der Waals surface area contributed by atoms with E-state index in [9.17, 15) is 22.9 Å². The quantitative estimate of drug-likeness (QED) is 0.0790. The van der Waals surface area contributed by atoms with Crippen LogP contribution in [0, 0.1) is 0 Å². The van der Waals surface area contributed by atoms with Crippen LogP contribution in [0.2, 0.25) is 0 Å². The lowest BCUT2D eigenvalue weighted by atomic mass is 10.0. The van der Waals surface area contributed by atoms with Crippen molar-refractivity contribution < 1.29 is 27.1 Å². The van der Waals surface area contributed by atoms with Gasteiger partial charge in [-0.25, -0.2) is 8.42 Å². The van der Waals surface area contributed by atoms with Crippen molar-refractivity contribution in [3.05, 3.63) is 0 Å². The van der Waals surface area contributed by atoms with E-state index in [1.807, 2.05) is 0 Å². The molecule has 0 aromatic heterocycles. The first kappa shape index (κ1) is 42.3. The minimum atomic E-state index is -4.41. The van der Waals surface area contributed by atoms with E-state index in [1.165, 1.54) is 89.9 Å². The van der Waals surface area contributed by atoms with Gasteiger partial charge in [-0.1, -0.05) is 124 Å². The summed E-state index contributed by atoms with van der Waals surface area (Å²) >= 11 is 0. The smallest absolute Gasteiger partial charge is 0.219 e. The minimum Gasteiger partial charge on any atom is -0.850 e. The van der Waals surface area contributed by atoms with Crippen LogP contribution >= 0.6 is 0 Å². The highest BCUT2D eigenvalue weighted by molar-refractivity contribution is 7.80. The highest BCUT2D eigenvalue weighted by Gasteiger charge is 2.03. The van der Waals surface area contributed by atoms with E-state index in [4.69, 9.17) is 0 Å². The van der Waals surface area contributed by atoms with Crippen LogP contribution in [0.25, 0.3) is 0 Å². The topological polar surface area (TPSA) is 192 Å². The average molecular weight is 544 g/mol. The lowest BCUT2D eigenvalue weighted by molar-refractivity contribution is -0.467. The second kappa shape index (κ2) is 28.8. The Morgan fingerprint density at radius 1 is 0.750 bits per heavy atom. The largest absolute Gasteiger partial charge is 0.850 e. The summed E-state index contributed by atoms with van der Waals surface area (Å²) in [5.41, 5.74) is -0.835. The predicted octanol–water partition coefficient (Wildman–Crippen LogP) is 6.52. The summed E-state index contributed by atoms with van der Waals surface area (Å²) in [6, 6.07) is 0. The number of nitrogens with one attached hydrogen (secondary N) is 1. The molecule has 222 valence electrons. The summed E-state index contributed by atoms with van der Waals surface area (Å²) in [4.78, 5) is 11.8. The van der Waals surface area contributed by atoms with Crippen LogP contribution in [0.4, 0.5) is 0 Å². The van der Waals surface area contributed by atoms with Crippen molar-refractivity contribution in [1.29, 1.82) is 0 Å². The fourth-order valence-corrected chi connectivity index (χ4v) is 3.65. The molecule has 10 heteroatoms. The number of quaternary nitrogens is 2. The maximum absolute atomic E-state index is 11.8. The van der Waals surface area contributed by atoms with E-state index in [0.717, 1.165) is 26.4 Å². The summed E-state index contributed by atoms with van der Waals surface area (Å²) in [7, 11) is -3.60. The molecule has 0 aromatic carbocycles. The van der Waals surface area contributed by atoms with Crippen LogP contribution in [-0.4, -0.2) is 38.1 Å². The van der Waals surface area contributed by atoms with E-state index in [-0.39, 0.29) is 18.2 Å². The molecule has 0 aliphatic carbocycles. The Bertz CT molecular complexity index is 554. The first-order valence-electron chi connectivity index (χ1n) is 13.5. The predicted molar refractivity (Wildman–Crippen MR) is 149 cm³/mol. The Morgan fingerprint density at radius 2 is 1.11 bits per heavy atom. The average Bonchev–Trinajstić information content (AvgIpc) is 2.75. The van der Waals surface area contributed by atoms with Gasteiger partial charge in [0.1, 0.15) is 0 Å². The Hall–Kier alpha value is -0.780. The molecule has 0 bridgehead atoms. The third-order valence-corrected chi connectivity index (χ3v) is 6.15. The van der Waals surface area contributed by atoms with Crippen LogP contribution in [0.15, 0.2) is 0 Å². The number of rotatable bonds is 22. The molecule has 0 aromatic rings. The van der Waals surface area contributed by atoms with Crippen molar-refractivity contribution in [2.75, 3.05) is 13.7 Å². The highest BCUT2D eigenvalue weighted by atomic mass is 32.3. The van der Waals surface area contributed by atoms with Crippen molar-refractivity contribution in [3.8, 4) is 0 Å². The molecule has 9 nitrogen and oxygen atoms in total. The fraction of sp³-hybridized carbons (Fsp3) is 0.962. The monoisotopic (exact) mass is 543 g/mol. The van der Waals surface area contributed by atoms with Crippen molar-refractivity contribution in [2.45, 2.75) is 148 Å². The van der Waals surface area contributed by atoms with Crippen molar-refractivity contribution in [2.24, 2.45) is 0 Å². The number of carbonyl (C=O) groups excluding carboxylic acids is 1. The molecule has 0 radical (unpaired) electrons. The lowest BCUT2D eigenvalue weighted by Gasteiger charge is -2.31. The molecule has 0 heterocycles. The highest BCUT2D eigenvalue weighted by Crippen LogP contribution is 2.13. The van der Waals surface area contributed by atoms with Crippen LogP contribution in [-0.2, 0) is 19.4 Å². The summed E-state index contributed by atoms with van der Waals surface area (Å²) < 4.78 is 31.0. The third-order valence-electron chi connectivity index (χ3n) is 5.74. The van der Waals surface area contributed by atoms with Gasteiger partial charge in [-0.15, -0.1) is 5.60 Å². The number of hydrogen-bond acceptors (Lipinski definition) is 6. The van der Waals surface area contributed by atoms with Crippen LogP contribution < -0.4 is 22.7 Å². The zero-order valence-corrected chi connectivity index (χ0v) is 25.3. The van der Waals surface area contributed by atoms with Gasteiger partial charge in [0.2, 0.25) is 16.3 Å². The van der Waals surface area contributed by atoms with Gasteiger partial charge in [-0.05, 0) is 12.8 Å². The summed E-state index contributed by atoms with van der Waals surface area (Å²) in [5, 5.41) is 14.5. The van der Waals surface area contributed by atoms with Gasteiger partial charge < -0.3 is 27.3 Å². The molecule has 0 atom stereocenters. The van der Waals surface area contributed by atoms with Crippen molar-refractivity contribution in [3.63, 3.8) is 0 Å². The van der Waals surface area contributed by atoms with Gasteiger partial charge >= 0.3 is 0 Å². The molecule has 36 heavy (non-hydrogen) atoms. The first-order chi connectivity index (χ1) is 16.0. The number of hydrogen-bond donors (Lipinski definition) is 3. The van der Waals surface area contributed by atoms with Crippen LogP contribution in [0.3, 0.4) is 0 Å². The molecular formula is C26H61N3O6S. The minimum absolute atomic E-state index is 0. The van der Waals surface area contributed by atoms with Crippen LogP contribution in [0.1, 0.15) is 143 Å². The second-order valence-electron chi connectivity index (χ2n) is 9.84. The van der Waals surface area contributed by atoms with Crippen molar-refractivity contribution in [1.82, 2.24) is 17.6 Å². The Morgan fingerprint density at radius 3 is 1.44 bits per heavy atom. The molecule has 0 fully saturated rings. The number of carbonyl (C=O) groups is 1. The summed E-state index contributed by atoms with van der Waals surface area (Å²) in [6.45, 7) is 6.44. The molecule has 0 rings (SSSR count). The summed E-state index contributed by atoms with van der Waals surface area (Å²) in [5.74, 6) is 0.177. The van der Waals surface area contributed by atoms with E-state index in [2.05, 4.69) is 16.4 Å². The zero-order valence-electron chi connectivity index (χ0n) is 24.5. The molecular weight excluding hydrogens is 482 g/mol. The normalized spacial score (nSPS) is 11.1. The fourth-order valence-electron chi connectivity index (χ4n) is 3.65. The molecule has 0 aliphatic heterocycles. The van der Waals surface area contributed by atoms with Crippen molar-refractivity contribution >= 4 is 16.3 Å². The van der Waals surface area contributed by atoms with Gasteiger partial charge in [0.15, 0.2) is 0 Å². The van der Waals surface area contributed by atoms with E-state index in [0.29, 0.717) is 19.4 Å². The van der Waals surface area contributed by atoms with Gasteiger partial charge in [0.25, 0.3) is 0 Å². The Labute approximate surface area is 223 Å². The zero-order chi connectivity index (χ0) is 26.1. The molecule has 0 spiro atoms. The van der Waals surface area contributed by atoms with Gasteiger partial charge in [0.05, 0.1) is 7.11 Å². The Balaban J connectivity index is -0.000000567. The van der Waals surface area contributed by atoms with E-state index in [1.54, 1.807) is 13.8 Å².